The lowest BCUT2D eigenvalue weighted by atomic mass is 10.1. The highest BCUT2D eigenvalue weighted by molar-refractivity contribution is 6.31. The predicted molar refractivity (Wildman–Crippen MR) is 102 cm³/mol. The Bertz CT molecular complexity index is 942. The number of anilines is 3. The number of rotatable bonds is 5. The number of carbonyl (C=O) groups excluding carboxylic acids is 1. The summed E-state index contributed by atoms with van der Waals surface area (Å²) >= 11 is 0. The molecule has 8 heteroatoms. The smallest absolute Gasteiger partial charge is 0.257 e. The van der Waals surface area contributed by atoms with Crippen LogP contribution in [0.4, 0.5) is 25.8 Å². The van der Waals surface area contributed by atoms with Crippen LogP contribution in [0.15, 0.2) is 42.6 Å². The van der Waals surface area contributed by atoms with Crippen molar-refractivity contribution in [2.45, 2.75) is 6.29 Å². The molecule has 1 fully saturated rings. The molecule has 4 rings (SSSR count). The second-order valence-electron chi connectivity index (χ2n) is 6.56. The average molecular weight is 387 g/mol. The molecule has 0 atom stereocenters. The van der Waals surface area contributed by atoms with Crippen LogP contribution in [-0.4, -0.2) is 39.0 Å². The lowest BCUT2D eigenvalue weighted by molar-refractivity contribution is -0.110. The van der Waals surface area contributed by atoms with E-state index in [4.69, 9.17) is 9.47 Å². The highest BCUT2D eigenvalue weighted by atomic mass is 19.1. The van der Waals surface area contributed by atoms with Crippen LogP contribution in [0.5, 0.6) is 0 Å². The average Bonchev–Trinajstić information content (AvgIpc) is 3.26. The van der Waals surface area contributed by atoms with Crippen LogP contribution in [0.25, 0.3) is 5.57 Å². The number of fused-ring (bicyclic) bond motifs is 1. The van der Waals surface area contributed by atoms with Gasteiger partial charge in [0.25, 0.3) is 5.91 Å². The predicted octanol–water partition coefficient (Wildman–Crippen LogP) is 3.18. The molecule has 0 aromatic heterocycles. The van der Waals surface area contributed by atoms with Crippen molar-refractivity contribution < 1.29 is 23.0 Å². The zero-order chi connectivity index (χ0) is 19.7. The van der Waals surface area contributed by atoms with Crippen molar-refractivity contribution in [2.75, 3.05) is 42.3 Å². The molecule has 2 aromatic carbocycles. The highest BCUT2D eigenvalue weighted by Gasteiger charge is 2.24. The second kappa shape index (κ2) is 7.57. The van der Waals surface area contributed by atoms with Crippen molar-refractivity contribution in [3.8, 4) is 0 Å². The van der Waals surface area contributed by atoms with Crippen LogP contribution in [0.1, 0.15) is 5.56 Å². The molecule has 2 aromatic rings. The minimum atomic E-state index is -0.427. The van der Waals surface area contributed by atoms with E-state index in [-0.39, 0.29) is 12.2 Å². The molecule has 1 amide bonds. The summed E-state index contributed by atoms with van der Waals surface area (Å²) in [7, 11) is 1.76. The van der Waals surface area contributed by atoms with E-state index in [1.54, 1.807) is 24.1 Å². The minimum absolute atomic E-state index is 0.346. The minimum Gasteiger partial charge on any atom is -0.367 e. The monoisotopic (exact) mass is 387 g/mol. The molecule has 0 unspecified atom stereocenters. The largest absolute Gasteiger partial charge is 0.367 e. The molecule has 0 aliphatic carbocycles. The number of carbonyl (C=O) groups is 1. The number of nitrogens with zero attached hydrogens (tertiary/aromatic N) is 1. The summed E-state index contributed by atoms with van der Waals surface area (Å²) in [5, 5.41) is 5.53. The first kappa shape index (κ1) is 18.4. The van der Waals surface area contributed by atoms with E-state index in [1.165, 1.54) is 30.5 Å². The van der Waals surface area contributed by atoms with Gasteiger partial charge in [0.1, 0.15) is 11.6 Å². The standard InChI is InChI=1S/C20H19F2N3O3/c1-25(11-19-27-6-7-28-19)18-5-3-13(9-16(18)22)23-10-15-14-4-2-12(21)8-17(14)24-20(15)26/h2-5,8-10,19,23H,6-7,11H2,1H3,(H,24,26). The zero-order valence-corrected chi connectivity index (χ0v) is 15.2. The number of halogens is 2. The lowest BCUT2D eigenvalue weighted by Gasteiger charge is -2.23. The third kappa shape index (κ3) is 3.69. The number of ether oxygens (including phenoxy) is 2. The third-order valence-corrected chi connectivity index (χ3v) is 4.62. The van der Waals surface area contributed by atoms with Crippen LogP contribution in [0.3, 0.4) is 0 Å². The fraction of sp³-hybridized carbons (Fsp3) is 0.250. The molecule has 146 valence electrons. The zero-order valence-electron chi connectivity index (χ0n) is 15.2. The quantitative estimate of drug-likeness (QED) is 0.772. The third-order valence-electron chi connectivity index (χ3n) is 4.62. The van der Waals surface area contributed by atoms with Gasteiger partial charge in [0.2, 0.25) is 0 Å². The Hall–Kier alpha value is -2.97. The van der Waals surface area contributed by atoms with Crippen LogP contribution in [0, 0.1) is 11.6 Å². The maximum atomic E-state index is 14.5. The fourth-order valence-electron chi connectivity index (χ4n) is 3.21. The van der Waals surface area contributed by atoms with Gasteiger partial charge in [-0.2, -0.15) is 0 Å². The van der Waals surface area contributed by atoms with Gasteiger partial charge in [0, 0.05) is 24.5 Å². The lowest BCUT2D eigenvalue weighted by Crippen LogP contribution is -2.30. The van der Waals surface area contributed by atoms with E-state index in [9.17, 15) is 13.6 Å². The maximum Gasteiger partial charge on any atom is 0.257 e. The van der Waals surface area contributed by atoms with Crippen molar-refractivity contribution in [3.63, 3.8) is 0 Å². The SMILES string of the molecule is CN(CC1OCCO1)c1ccc(NC=C2C(=O)Nc3cc(F)ccc32)cc1F. The molecule has 0 saturated carbocycles. The van der Waals surface area contributed by atoms with Gasteiger partial charge in [0.15, 0.2) is 6.29 Å². The van der Waals surface area contributed by atoms with E-state index < -0.39 is 11.6 Å². The highest BCUT2D eigenvalue weighted by Crippen LogP contribution is 2.32. The second-order valence-corrected chi connectivity index (χ2v) is 6.56. The maximum absolute atomic E-state index is 14.5. The number of likely N-dealkylation sites (N-methyl/N-ethyl adjacent to an activating group) is 1. The Kier molecular flexibility index (Phi) is 4.97. The van der Waals surface area contributed by atoms with Gasteiger partial charge in [-0.3, -0.25) is 4.79 Å². The number of nitrogens with one attached hydrogen (secondary N) is 2. The van der Waals surface area contributed by atoms with E-state index >= 15 is 0 Å². The summed E-state index contributed by atoms with van der Waals surface area (Å²) in [6.45, 7) is 1.50. The summed E-state index contributed by atoms with van der Waals surface area (Å²) in [6.07, 6.45) is 1.12. The van der Waals surface area contributed by atoms with E-state index in [0.29, 0.717) is 48.0 Å². The van der Waals surface area contributed by atoms with Gasteiger partial charge in [-0.25, -0.2) is 8.78 Å². The first-order valence-corrected chi connectivity index (χ1v) is 8.83. The Morgan fingerprint density at radius 2 is 2.00 bits per heavy atom. The van der Waals surface area contributed by atoms with Gasteiger partial charge in [-0.05, 0) is 36.4 Å². The number of hydrogen-bond acceptors (Lipinski definition) is 5. The van der Waals surface area contributed by atoms with Crippen LogP contribution >= 0.6 is 0 Å². The molecule has 6 nitrogen and oxygen atoms in total. The molecule has 2 aliphatic heterocycles. The molecule has 2 N–H and O–H groups in total. The molecule has 2 aliphatic rings. The van der Waals surface area contributed by atoms with Crippen LogP contribution < -0.4 is 15.5 Å². The number of hydrogen-bond donors (Lipinski definition) is 2. The Balaban J connectivity index is 1.48. The van der Waals surface area contributed by atoms with Gasteiger partial charge in [-0.15, -0.1) is 0 Å². The fourth-order valence-corrected chi connectivity index (χ4v) is 3.21. The van der Waals surface area contributed by atoms with Crippen molar-refractivity contribution >= 4 is 28.5 Å². The van der Waals surface area contributed by atoms with Crippen LogP contribution in [-0.2, 0) is 14.3 Å². The first-order valence-electron chi connectivity index (χ1n) is 8.83. The molecule has 0 spiro atoms. The Morgan fingerprint density at radius 1 is 1.21 bits per heavy atom. The molecular formula is C20H19F2N3O3. The van der Waals surface area contributed by atoms with Crippen molar-refractivity contribution in [1.82, 2.24) is 0 Å². The van der Waals surface area contributed by atoms with Gasteiger partial charge in [0.05, 0.1) is 36.7 Å². The Morgan fingerprint density at radius 3 is 2.75 bits per heavy atom. The summed E-state index contributed by atoms with van der Waals surface area (Å²) < 4.78 is 38.6. The Labute approximate surface area is 160 Å². The normalized spacial score (nSPS) is 17.7. The first-order chi connectivity index (χ1) is 13.5. The van der Waals surface area contributed by atoms with Crippen LogP contribution in [0.2, 0.25) is 0 Å². The molecule has 0 radical (unpaired) electrons. The summed E-state index contributed by atoms with van der Waals surface area (Å²) in [4.78, 5) is 13.8. The molecule has 1 saturated heterocycles. The number of amides is 1. The van der Waals surface area contributed by atoms with Crippen molar-refractivity contribution in [2.24, 2.45) is 0 Å². The number of benzene rings is 2. The van der Waals surface area contributed by atoms with Gasteiger partial charge >= 0.3 is 0 Å². The van der Waals surface area contributed by atoms with E-state index in [0.717, 1.165) is 0 Å². The van der Waals surface area contributed by atoms with E-state index in [2.05, 4.69) is 10.6 Å². The van der Waals surface area contributed by atoms with E-state index in [1.807, 2.05) is 0 Å². The van der Waals surface area contributed by atoms with Crippen molar-refractivity contribution in [3.05, 3.63) is 59.8 Å². The topological polar surface area (TPSA) is 62.8 Å². The summed E-state index contributed by atoms with van der Waals surface area (Å²) in [5.41, 5.74) is 2.26. The molecular weight excluding hydrogens is 368 g/mol. The molecule has 0 bridgehead atoms. The molecule has 28 heavy (non-hydrogen) atoms. The van der Waals surface area contributed by atoms with Gasteiger partial charge < -0.3 is 25.0 Å². The summed E-state index contributed by atoms with van der Waals surface area (Å²) in [5.74, 6) is -1.19. The summed E-state index contributed by atoms with van der Waals surface area (Å²) in [6, 6.07) is 8.77. The van der Waals surface area contributed by atoms with Gasteiger partial charge in [-0.1, -0.05) is 0 Å². The molecule has 2 heterocycles. The van der Waals surface area contributed by atoms with Crippen molar-refractivity contribution in [1.29, 1.82) is 0 Å².